The third-order valence-electron chi connectivity index (χ3n) is 6.54. The average molecular weight is 373 g/mol. The van der Waals surface area contributed by atoms with Gasteiger partial charge in [-0.15, -0.1) is 0 Å². The molecular weight excluding hydrogens is 346 g/mol. The van der Waals surface area contributed by atoms with Gasteiger partial charge in [-0.3, -0.25) is 9.59 Å². The second-order valence-electron chi connectivity index (χ2n) is 8.14. The highest BCUT2D eigenvalue weighted by Gasteiger charge is 2.59. The summed E-state index contributed by atoms with van der Waals surface area (Å²) in [7, 11) is 1.59. The molecule has 1 unspecified atom stereocenters. The van der Waals surface area contributed by atoms with E-state index in [1.54, 1.807) is 19.2 Å². The first kappa shape index (κ1) is 18.1. The van der Waals surface area contributed by atoms with Crippen LogP contribution in [0.25, 0.3) is 0 Å². The van der Waals surface area contributed by atoms with Crippen LogP contribution in [-0.4, -0.2) is 48.2 Å². The van der Waals surface area contributed by atoms with Crippen molar-refractivity contribution in [3.8, 4) is 11.5 Å². The maximum atomic E-state index is 12.9. The molecule has 2 aliphatic carbocycles. The number of piperidine rings is 1. The number of carbonyl (C=O) groups excluding carboxylic acids is 1. The summed E-state index contributed by atoms with van der Waals surface area (Å²) in [6.45, 7) is 1.23. The van der Waals surface area contributed by atoms with Crippen LogP contribution in [0.2, 0.25) is 0 Å². The number of benzene rings is 1. The smallest absolute Gasteiger partial charge is 0.307 e. The molecule has 1 aliphatic heterocycles. The molecule has 1 aromatic carbocycles. The monoisotopic (exact) mass is 373 g/mol. The average Bonchev–Trinajstić information content (AvgIpc) is 3.13. The van der Waals surface area contributed by atoms with Crippen LogP contribution < -0.4 is 9.47 Å². The molecule has 1 saturated heterocycles. The Bertz CT molecular complexity index is 732. The van der Waals surface area contributed by atoms with Crippen LogP contribution in [0.5, 0.6) is 11.5 Å². The van der Waals surface area contributed by atoms with E-state index in [0.29, 0.717) is 30.2 Å². The number of likely N-dealkylation sites (tertiary alicyclic amines) is 1. The lowest BCUT2D eigenvalue weighted by Crippen LogP contribution is -2.40. The van der Waals surface area contributed by atoms with Crippen molar-refractivity contribution in [2.75, 3.05) is 20.2 Å². The fraction of sp³-hybridized carbons (Fsp3) is 0.619. The minimum atomic E-state index is -0.697. The number of nitrogens with zero attached hydrogens (tertiary/aromatic N) is 1. The molecule has 3 fully saturated rings. The Morgan fingerprint density at radius 1 is 1.15 bits per heavy atom. The van der Waals surface area contributed by atoms with Crippen molar-refractivity contribution in [2.24, 2.45) is 11.3 Å². The molecule has 1 amide bonds. The molecular formula is C21H27NO5. The predicted octanol–water partition coefficient (Wildman–Crippen LogP) is 3.34. The number of aliphatic carboxylic acids is 1. The van der Waals surface area contributed by atoms with Crippen LogP contribution in [-0.2, 0) is 4.79 Å². The highest BCUT2D eigenvalue weighted by molar-refractivity contribution is 5.95. The first-order chi connectivity index (χ1) is 13.0. The van der Waals surface area contributed by atoms with Gasteiger partial charge in [0.1, 0.15) is 0 Å². The molecule has 1 atom stereocenters. The number of methoxy groups -OCH3 is 1. The fourth-order valence-corrected chi connectivity index (χ4v) is 4.67. The molecule has 6 heteroatoms. The fourth-order valence-electron chi connectivity index (χ4n) is 4.67. The highest BCUT2D eigenvalue weighted by atomic mass is 16.5. The summed E-state index contributed by atoms with van der Waals surface area (Å²) in [6, 6.07) is 5.39. The van der Waals surface area contributed by atoms with Gasteiger partial charge in [0.15, 0.2) is 11.5 Å². The summed E-state index contributed by atoms with van der Waals surface area (Å²) in [5.41, 5.74) is 0.520. The Hall–Kier alpha value is -2.24. The summed E-state index contributed by atoms with van der Waals surface area (Å²) in [4.78, 5) is 25.9. The minimum absolute atomic E-state index is 0.0249. The highest BCUT2D eigenvalue weighted by Crippen LogP contribution is 2.59. The Kier molecular flexibility index (Phi) is 4.74. The standard InChI is InChI=1S/C21H27NO5/c1-26-18-12-14(6-7-17(18)27-15-4-2-3-5-15)19(23)22-10-8-21(9-11-22)13-16(21)20(24)25/h6-7,12,15-16H,2-5,8-11,13H2,1H3,(H,24,25). The lowest BCUT2D eigenvalue weighted by atomic mass is 9.90. The van der Waals surface area contributed by atoms with Gasteiger partial charge < -0.3 is 19.5 Å². The molecule has 1 heterocycles. The Morgan fingerprint density at radius 3 is 2.44 bits per heavy atom. The second-order valence-corrected chi connectivity index (χ2v) is 8.14. The van der Waals surface area contributed by atoms with Crippen molar-refractivity contribution in [1.29, 1.82) is 0 Å². The van der Waals surface area contributed by atoms with Crippen molar-refractivity contribution in [3.05, 3.63) is 23.8 Å². The summed E-state index contributed by atoms with van der Waals surface area (Å²) in [6.07, 6.45) is 7.06. The summed E-state index contributed by atoms with van der Waals surface area (Å²) in [5.74, 6) is 0.345. The molecule has 4 rings (SSSR count). The van der Waals surface area contributed by atoms with E-state index in [1.165, 1.54) is 12.8 Å². The Morgan fingerprint density at radius 2 is 1.85 bits per heavy atom. The SMILES string of the molecule is COc1cc(C(=O)N2CCC3(CC2)CC3C(=O)O)ccc1OC1CCCC1. The Labute approximate surface area is 159 Å². The summed E-state index contributed by atoms with van der Waals surface area (Å²) in [5, 5.41) is 9.20. The maximum absolute atomic E-state index is 12.9. The minimum Gasteiger partial charge on any atom is -0.493 e. The third kappa shape index (κ3) is 3.49. The number of carboxylic acid groups (broad SMARTS) is 1. The van der Waals surface area contributed by atoms with Crippen molar-refractivity contribution < 1.29 is 24.2 Å². The van der Waals surface area contributed by atoms with Gasteiger partial charge >= 0.3 is 5.97 Å². The number of carboxylic acids is 1. The molecule has 1 spiro atoms. The van der Waals surface area contributed by atoms with E-state index < -0.39 is 5.97 Å². The maximum Gasteiger partial charge on any atom is 0.307 e. The lowest BCUT2D eigenvalue weighted by Gasteiger charge is -2.32. The van der Waals surface area contributed by atoms with E-state index in [0.717, 1.165) is 32.1 Å². The van der Waals surface area contributed by atoms with E-state index in [4.69, 9.17) is 9.47 Å². The first-order valence-electron chi connectivity index (χ1n) is 9.89. The Balaban J connectivity index is 1.41. The van der Waals surface area contributed by atoms with Crippen molar-refractivity contribution >= 4 is 11.9 Å². The number of rotatable bonds is 5. The zero-order chi connectivity index (χ0) is 19.0. The third-order valence-corrected chi connectivity index (χ3v) is 6.54. The molecule has 1 N–H and O–H groups in total. The van der Waals surface area contributed by atoms with Gasteiger partial charge in [-0.25, -0.2) is 0 Å². The second kappa shape index (κ2) is 7.06. The van der Waals surface area contributed by atoms with Crippen LogP contribution in [0.15, 0.2) is 18.2 Å². The summed E-state index contributed by atoms with van der Waals surface area (Å²) >= 11 is 0. The molecule has 1 aromatic rings. The number of ether oxygens (including phenoxy) is 2. The van der Waals surface area contributed by atoms with Gasteiger partial charge in [0.05, 0.1) is 19.1 Å². The van der Waals surface area contributed by atoms with Gasteiger partial charge in [0.2, 0.25) is 0 Å². The van der Waals surface area contributed by atoms with Gasteiger partial charge in [-0.05, 0) is 68.6 Å². The molecule has 0 aromatic heterocycles. The predicted molar refractivity (Wildman–Crippen MR) is 99.2 cm³/mol. The van der Waals surface area contributed by atoms with E-state index >= 15 is 0 Å². The van der Waals surface area contributed by atoms with Crippen LogP contribution in [0, 0.1) is 11.3 Å². The molecule has 6 nitrogen and oxygen atoms in total. The molecule has 3 aliphatic rings. The summed E-state index contributed by atoms with van der Waals surface area (Å²) < 4.78 is 11.5. The van der Waals surface area contributed by atoms with E-state index in [-0.39, 0.29) is 23.3 Å². The molecule has 2 saturated carbocycles. The van der Waals surface area contributed by atoms with Crippen molar-refractivity contribution in [3.63, 3.8) is 0 Å². The van der Waals surface area contributed by atoms with Crippen molar-refractivity contribution in [2.45, 2.75) is 51.0 Å². The quantitative estimate of drug-likeness (QED) is 0.857. The largest absolute Gasteiger partial charge is 0.493 e. The van der Waals surface area contributed by atoms with Gasteiger partial charge in [0, 0.05) is 18.7 Å². The number of hydrogen-bond donors (Lipinski definition) is 1. The normalized spacial score (nSPS) is 24.0. The zero-order valence-corrected chi connectivity index (χ0v) is 15.8. The molecule has 0 bridgehead atoms. The number of amides is 1. The van der Waals surface area contributed by atoms with Crippen LogP contribution in [0.4, 0.5) is 0 Å². The van der Waals surface area contributed by atoms with E-state index in [9.17, 15) is 14.7 Å². The molecule has 0 radical (unpaired) electrons. The van der Waals surface area contributed by atoms with Crippen molar-refractivity contribution in [1.82, 2.24) is 4.90 Å². The van der Waals surface area contributed by atoms with Gasteiger partial charge in [-0.2, -0.15) is 0 Å². The molecule has 27 heavy (non-hydrogen) atoms. The molecule has 146 valence electrons. The lowest BCUT2D eigenvalue weighted by molar-refractivity contribution is -0.139. The van der Waals surface area contributed by atoms with Crippen LogP contribution in [0.3, 0.4) is 0 Å². The van der Waals surface area contributed by atoms with Gasteiger partial charge in [0.25, 0.3) is 5.91 Å². The van der Waals surface area contributed by atoms with E-state index in [1.807, 2.05) is 11.0 Å². The van der Waals surface area contributed by atoms with Gasteiger partial charge in [-0.1, -0.05) is 0 Å². The van der Waals surface area contributed by atoms with E-state index in [2.05, 4.69) is 0 Å². The topological polar surface area (TPSA) is 76.1 Å². The zero-order valence-electron chi connectivity index (χ0n) is 15.8. The first-order valence-corrected chi connectivity index (χ1v) is 9.89. The number of hydrogen-bond acceptors (Lipinski definition) is 4. The number of carbonyl (C=O) groups is 2. The van der Waals surface area contributed by atoms with Crippen LogP contribution in [0.1, 0.15) is 55.3 Å². The van der Waals surface area contributed by atoms with Crippen LogP contribution >= 0.6 is 0 Å².